The number of nitro groups is 1. The Kier molecular flexibility index (Phi) is 5.19. The number of rotatable bonds is 6. The number of benzene rings is 1. The van der Waals surface area contributed by atoms with E-state index in [9.17, 15) is 14.9 Å². The lowest BCUT2D eigenvalue weighted by Crippen LogP contribution is -2.41. The minimum Gasteiger partial charge on any atom is -0.496 e. The van der Waals surface area contributed by atoms with Gasteiger partial charge in [0, 0.05) is 6.04 Å². The van der Waals surface area contributed by atoms with E-state index in [2.05, 4.69) is 5.32 Å². The van der Waals surface area contributed by atoms with Crippen molar-refractivity contribution in [2.75, 3.05) is 7.11 Å². The van der Waals surface area contributed by atoms with Crippen LogP contribution < -0.4 is 14.8 Å². The summed E-state index contributed by atoms with van der Waals surface area (Å²) in [4.78, 5) is 22.6. The quantitative estimate of drug-likeness (QED) is 0.644. The molecule has 22 heavy (non-hydrogen) atoms. The molecule has 0 radical (unpaired) electrons. The summed E-state index contributed by atoms with van der Waals surface area (Å²) in [5.41, 5.74) is -0.222. The molecule has 7 nitrogen and oxygen atoms in total. The molecular formula is C15H20N2O5. The van der Waals surface area contributed by atoms with Crippen LogP contribution >= 0.6 is 0 Å². The molecule has 1 amide bonds. The highest BCUT2D eigenvalue weighted by molar-refractivity contribution is 5.81. The molecule has 0 heterocycles. The SMILES string of the molecule is COc1ccc(O[C@H](C)C(=O)NC2CCCC2)c([N+](=O)[O-])c1. The van der Waals surface area contributed by atoms with Crippen LogP contribution in [0.5, 0.6) is 11.5 Å². The van der Waals surface area contributed by atoms with Gasteiger partial charge < -0.3 is 14.8 Å². The minimum atomic E-state index is -0.798. The fourth-order valence-corrected chi connectivity index (χ4v) is 2.50. The summed E-state index contributed by atoms with van der Waals surface area (Å²) in [6.45, 7) is 1.58. The van der Waals surface area contributed by atoms with Gasteiger partial charge in [-0.15, -0.1) is 0 Å². The fourth-order valence-electron chi connectivity index (χ4n) is 2.50. The topological polar surface area (TPSA) is 90.7 Å². The van der Waals surface area contributed by atoms with Gasteiger partial charge in [0.1, 0.15) is 5.75 Å². The Morgan fingerprint density at radius 3 is 2.68 bits per heavy atom. The monoisotopic (exact) mass is 308 g/mol. The van der Waals surface area contributed by atoms with E-state index >= 15 is 0 Å². The fraction of sp³-hybridized carbons (Fsp3) is 0.533. The van der Waals surface area contributed by atoms with Crippen LogP contribution in [-0.2, 0) is 4.79 Å². The molecule has 1 aromatic carbocycles. The first kappa shape index (κ1) is 16.1. The number of hydrogen-bond acceptors (Lipinski definition) is 5. The summed E-state index contributed by atoms with van der Waals surface area (Å²) < 4.78 is 10.4. The number of amides is 1. The Morgan fingerprint density at radius 1 is 1.41 bits per heavy atom. The van der Waals surface area contributed by atoms with Gasteiger partial charge >= 0.3 is 5.69 Å². The molecule has 0 spiro atoms. The number of methoxy groups -OCH3 is 1. The van der Waals surface area contributed by atoms with Crippen LogP contribution in [0.15, 0.2) is 18.2 Å². The van der Waals surface area contributed by atoms with Crippen molar-refractivity contribution in [3.05, 3.63) is 28.3 Å². The second kappa shape index (κ2) is 7.11. The summed E-state index contributed by atoms with van der Waals surface area (Å²) in [7, 11) is 1.43. The normalized spacial score (nSPS) is 16.1. The highest BCUT2D eigenvalue weighted by Crippen LogP contribution is 2.31. The van der Waals surface area contributed by atoms with Crippen molar-refractivity contribution in [1.82, 2.24) is 5.32 Å². The van der Waals surface area contributed by atoms with Crippen molar-refractivity contribution in [2.45, 2.75) is 44.8 Å². The molecule has 0 aliphatic heterocycles. The number of carbonyl (C=O) groups is 1. The highest BCUT2D eigenvalue weighted by atomic mass is 16.6. The third kappa shape index (κ3) is 3.87. The van der Waals surface area contributed by atoms with E-state index in [-0.39, 0.29) is 23.4 Å². The van der Waals surface area contributed by atoms with Gasteiger partial charge in [0.2, 0.25) is 0 Å². The van der Waals surface area contributed by atoms with E-state index in [1.54, 1.807) is 13.0 Å². The minimum absolute atomic E-state index is 0.0554. The van der Waals surface area contributed by atoms with Gasteiger partial charge in [-0.3, -0.25) is 14.9 Å². The molecule has 1 saturated carbocycles. The van der Waals surface area contributed by atoms with Gasteiger partial charge in [0.15, 0.2) is 11.9 Å². The third-order valence-corrected chi connectivity index (χ3v) is 3.74. The second-order valence-corrected chi connectivity index (χ2v) is 5.34. The molecule has 1 aliphatic carbocycles. The number of carbonyl (C=O) groups excluding carboxylic acids is 1. The van der Waals surface area contributed by atoms with Crippen molar-refractivity contribution >= 4 is 11.6 Å². The number of nitrogens with one attached hydrogen (secondary N) is 1. The van der Waals surface area contributed by atoms with Crippen LogP contribution in [-0.4, -0.2) is 30.1 Å². The van der Waals surface area contributed by atoms with E-state index in [4.69, 9.17) is 9.47 Å². The lowest BCUT2D eigenvalue weighted by atomic mass is 10.2. The third-order valence-electron chi connectivity index (χ3n) is 3.74. The summed E-state index contributed by atoms with van der Waals surface area (Å²) >= 11 is 0. The maximum Gasteiger partial charge on any atom is 0.314 e. The van der Waals surface area contributed by atoms with Crippen molar-refractivity contribution < 1.29 is 19.2 Å². The van der Waals surface area contributed by atoms with Gasteiger partial charge in [-0.05, 0) is 31.9 Å². The number of hydrogen-bond donors (Lipinski definition) is 1. The van der Waals surface area contributed by atoms with Crippen molar-refractivity contribution in [3.63, 3.8) is 0 Å². The summed E-state index contributed by atoms with van der Waals surface area (Å²) in [6, 6.07) is 4.46. The van der Waals surface area contributed by atoms with Gasteiger partial charge in [-0.2, -0.15) is 0 Å². The molecule has 0 saturated heterocycles. The van der Waals surface area contributed by atoms with Crippen molar-refractivity contribution in [3.8, 4) is 11.5 Å². The number of ether oxygens (including phenoxy) is 2. The Morgan fingerprint density at radius 2 is 2.09 bits per heavy atom. The van der Waals surface area contributed by atoms with Crippen LogP contribution in [0, 0.1) is 10.1 Å². The van der Waals surface area contributed by atoms with Crippen molar-refractivity contribution in [1.29, 1.82) is 0 Å². The summed E-state index contributed by atoms with van der Waals surface area (Å²) in [5, 5.41) is 14.0. The molecule has 0 aromatic heterocycles. The predicted molar refractivity (Wildman–Crippen MR) is 80.1 cm³/mol. The zero-order valence-electron chi connectivity index (χ0n) is 12.7. The van der Waals surface area contributed by atoms with E-state index < -0.39 is 11.0 Å². The zero-order valence-corrected chi connectivity index (χ0v) is 12.7. The Hall–Kier alpha value is -2.31. The lowest BCUT2D eigenvalue weighted by Gasteiger charge is -2.18. The number of nitro benzene ring substituents is 1. The zero-order chi connectivity index (χ0) is 16.1. The molecule has 2 rings (SSSR count). The van der Waals surface area contributed by atoms with Crippen molar-refractivity contribution in [2.24, 2.45) is 0 Å². The van der Waals surface area contributed by atoms with Crippen LogP contribution in [0.3, 0.4) is 0 Å². The smallest absolute Gasteiger partial charge is 0.314 e. The Bertz CT molecular complexity index is 555. The van der Waals surface area contributed by atoms with Gasteiger partial charge in [0.25, 0.3) is 5.91 Å². The molecule has 1 aromatic rings. The van der Waals surface area contributed by atoms with E-state index in [0.717, 1.165) is 25.7 Å². The van der Waals surface area contributed by atoms with Gasteiger partial charge in [-0.25, -0.2) is 0 Å². The first-order valence-electron chi connectivity index (χ1n) is 7.30. The molecule has 1 aliphatic rings. The average molecular weight is 308 g/mol. The van der Waals surface area contributed by atoms with Crippen LogP contribution in [0.4, 0.5) is 5.69 Å². The molecule has 120 valence electrons. The van der Waals surface area contributed by atoms with Crippen LogP contribution in [0.2, 0.25) is 0 Å². The molecule has 1 fully saturated rings. The van der Waals surface area contributed by atoms with E-state index in [1.165, 1.54) is 19.2 Å². The lowest BCUT2D eigenvalue weighted by molar-refractivity contribution is -0.386. The molecule has 1 atom stereocenters. The van der Waals surface area contributed by atoms with Crippen LogP contribution in [0.25, 0.3) is 0 Å². The largest absolute Gasteiger partial charge is 0.496 e. The molecular weight excluding hydrogens is 288 g/mol. The van der Waals surface area contributed by atoms with Gasteiger partial charge in [-0.1, -0.05) is 12.8 Å². The second-order valence-electron chi connectivity index (χ2n) is 5.34. The molecule has 0 bridgehead atoms. The molecule has 0 unspecified atom stereocenters. The number of nitrogens with zero attached hydrogens (tertiary/aromatic N) is 1. The average Bonchev–Trinajstić information content (AvgIpc) is 3.00. The maximum atomic E-state index is 12.1. The standard InChI is InChI=1S/C15H20N2O5/c1-10(15(18)16-11-5-3-4-6-11)22-14-8-7-12(21-2)9-13(14)17(19)20/h7-11H,3-6H2,1-2H3,(H,16,18)/t10-/m1/s1. The van der Waals surface area contributed by atoms with Gasteiger partial charge in [0.05, 0.1) is 18.1 Å². The first-order chi connectivity index (χ1) is 10.5. The highest BCUT2D eigenvalue weighted by Gasteiger charge is 2.24. The first-order valence-corrected chi connectivity index (χ1v) is 7.30. The Balaban J connectivity index is 2.05. The molecule has 7 heteroatoms. The van der Waals surface area contributed by atoms with E-state index in [1.807, 2.05) is 0 Å². The van der Waals surface area contributed by atoms with E-state index in [0.29, 0.717) is 5.75 Å². The maximum absolute atomic E-state index is 12.1. The van der Waals surface area contributed by atoms with Crippen LogP contribution in [0.1, 0.15) is 32.6 Å². The summed E-state index contributed by atoms with van der Waals surface area (Å²) in [5.74, 6) is 0.166. The molecule has 1 N–H and O–H groups in total. The Labute approximate surface area is 128 Å². The summed E-state index contributed by atoms with van der Waals surface area (Å²) in [6.07, 6.45) is 3.38. The predicted octanol–water partition coefficient (Wildman–Crippen LogP) is 2.43.